The number of nitrogens with zero attached hydrogens (tertiary/aromatic N) is 4. The molecule has 0 fully saturated rings. The number of aryl methyl sites for hydroxylation is 2. The van der Waals surface area contributed by atoms with E-state index in [4.69, 9.17) is 20.6 Å². The van der Waals surface area contributed by atoms with Crippen molar-refractivity contribution in [3.8, 4) is 5.88 Å². The van der Waals surface area contributed by atoms with E-state index in [1.54, 1.807) is 0 Å². The summed E-state index contributed by atoms with van der Waals surface area (Å²) in [5.41, 5.74) is 10.9. The molecule has 0 spiro atoms. The van der Waals surface area contributed by atoms with Gasteiger partial charge >= 0.3 is 6.03 Å². The molecule has 11 heteroatoms. The van der Waals surface area contributed by atoms with Gasteiger partial charge in [-0.25, -0.2) is 18.8 Å². The van der Waals surface area contributed by atoms with Crippen molar-refractivity contribution in [1.82, 2.24) is 14.8 Å². The van der Waals surface area contributed by atoms with Crippen LogP contribution in [0.4, 0.5) is 10.5 Å². The van der Waals surface area contributed by atoms with Gasteiger partial charge in [-0.05, 0) is 49.7 Å². The number of hydrogen-bond acceptors (Lipinski definition) is 6. The van der Waals surface area contributed by atoms with Crippen LogP contribution in [0.25, 0.3) is 0 Å². The van der Waals surface area contributed by atoms with Gasteiger partial charge in [-0.1, -0.05) is 0 Å². The van der Waals surface area contributed by atoms with Gasteiger partial charge in [-0.15, -0.1) is 4.36 Å². The zero-order chi connectivity index (χ0) is 20.2. The van der Waals surface area contributed by atoms with Crippen molar-refractivity contribution >= 4 is 21.6 Å². The van der Waals surface area contributed by atoms with Crippen LogP contribution >= 0.6 is 0 Å². The van der Waals surface area contributed by atoms with Gasteiger partial charge in [-0.2, -0.15) is 5.10 Å². The second-order valence-electron chi connectivity index (χ2n) is 7.70. The molecular formula is C18H23N7O3S. The SMILES string of the molecule is NC1COc2c(S(N)(=O)=NC(=O)Nc3c4c(nc5c3CCC5)CCC4)cnn2C1. The lowest BCUT2D eigenvalue weighted by molar-refractivity contribution is 0.200. The minimum absolute atomic E-state index is 0.102. The first-order valence-electron chi connectivity index (χ1n) is 9.76. The zero-order valence-corrected chi connectivity index (χ0v) is 16.7. The Labute approximate surface area is 168 Å². The fourth-order valence-electron chi connectivity index (χ4n) is 4.33. The van der Waals surface area contributed by atoms with Crippen LogP contribution in [0.3, 0.4) is 0 Å². The highest BCUT2D eigenvalue weighted by Gasteiger charge is 2.28. The van der Waals surface area contributed by atoms with E-state index in [0.717, 1.165) is 66.7 Å². The molecule has 0 saturated heterocycles. The molecule has 0 saturated carbocycles. The molecule has 0 radical (unpaired) electrons. The molecule has 1 aliphatic heterocycles. The van der Waals surface area contributed by atoms with Crippen LogP contribution in [0.5, 0.6) is 5.88 Å². The summed E-state index contributed by atoms with van der Waals surface area (Å²) in [5.74, 6) is 0.251. The lowest BCUT2D eigenvalue weighted by atomic mass is 10.1. The Bertz CT molecular complexity index is 1100. The van der Waals surface area contributed by atoms with E-state index in [9.17, 15) is 9.00 Å². The molecule has 5 N–H and O–H groups in total. The Morgan fingerprint density at radius 3 is 2.62 bits per heavy atom. The van der Waals surface area contributed by atoms with Crippen LogP contribution in [0.1, 0.15) is 35.4 Å². The second-order valence-corrected chi connectivity index (χ2v) is 9.46. The van der Waals surface area contributed by atoms with Crippen molar-refractivity contribution < 1.29 is 13.7 Å². The van der Waals surface area contributed by atoms with Crippen LogP contribution < -0.4 is 20.9 Å². The highest BCUT2D eigenvalue weighted by Crippen LogP contribution is 2.36. The first kappa shape index (κ1) is 18.5. The van der Waals surface area contributed by atoms with Gasteiger partial charge in [0.2, 0.25) is 5.88 Å². The molecule has 5 rings (SSSR count). The highest BCUT2D eigenvalue weighted by molar-refractivity contribution is 7.91. The zero-order valence-electron chi connectivity index (χ0n) is 15.9. The summed E-state index contributed by atoms with van der Waals surface area (Å²) >= 11 is 0. The summed E-state index contributed by atoms with van der Waals surface area (Å²) in [6.45, 7) is 0.683. The van der Waals surface area contributed by atoms with E-state index in [0.29, 0.717) is 6.54 Å². The van der Waals surface area contributed by atoms with Crippen LogP contribution in [-0.4, -0.2) is 37.7 Å². The molecule has 2 amide bonds. The highest BCUT2D eigenvalue weighted by atomic mass is 32.2. The Balaban J connectivity index is 1.47. The van der Waals surface area contributed by atoms with Crippen LogP contribution in [0.2, 0.25) is 0 Å². The number of urea groups is 1. The van der Waals surface area contributed by atoms with Gasteiger partial charge in [0.25, 0.3) is 0 Å². The van der Waals surface area contributed by atoms with E-state index < -0.39 is 15.9 Å². The first-order chi connectivity index (χ1) is 13.9. The maximum atomic E-state index is 13.0. The minimum Gasteiger partial charge on any atom is -0.475 e. The summed E-state index contributed by atoms with van der Waals surface area (Å²) in [6, 6.07) is -0.945. The van der Waals surface area contributed by atoms with E-state index >= 15 is 0 Å². The largest absolute Gasteiger partial charge is 0.475 e. The molecule has 2 atom stereocenters. The van der Waals surface area contributed by atoms with Crippen LogP contribution in [0, 0.1) is 0 Å². The Morgan fingerprint density at radius 2 is 1.93 bits per heavy atom. The van der Waals surface area contributed by atoms with Crippen LogP contribution in [0.15, 0.2) is 15.5 Å². The number of carbonyl (C=O) groups is 1. The molecule has 2 aromatic heterocycles. The van der Waals surface area contributed by atoms with E-state index in [1.165, 1.54) is 10.9 Å². The van der Waals surface area contributed by atoms with Gasteiger partial charge < -0.3 is 15.8 Å². The summed E-state index contributed by atoms with van der Waals surface area (Å²) in [7, 11) is -3.53. The predicted octanol–water partition coefficient (Wildman–Crippen LogP) is 0.908. The lowest BCUT2D eigenvalue weighted by Crippen LogP contribution is -2.37. The molecule has 10 nitrogen and oxygen atoms in total. The van der Waals surface area contributed by atoms with Gasteiger partial charge in [-0.3, -0.25) is 4.98 Å². The summed E-state index contributed by atoms with van der Waals surface area (Å²) < 4.78 is 23.9. The maximum Gasteiger partial charge on any atom is 0.354 e. The lowest BCUT2D eigenvalue weighted by Gasteiger charge is -2.21. The molecule has 3 aliphatic rings. The van der Waals surface area contributed by atoms with Crippen molar-refractivity contribution in [3.63, 3.8) is 0 Å². The number of carbonyl (C=O) groups excluding carboxylic acids is 1. The number of fused-ring (bicyclic) bond motifs is 3. The molecule has 3 heterocycles. The third kappa shape index (κ3) is 3.18. The van der Waals surface area contributed by atoms with E-state index in [1.807, 2.05) is 0 Å². The summed E-state index contributed by atoms with van der Waals surface area (Å²) in [5, 5.41) is 12.9. The third-order valence-electron chi connectivity index (χ3n) is 5.62. The maximum absolute atomic E-state index is 13.0. The third-order valence-corrected chi connectivity index (χ3v) is 6.96. The molecule has 2 aromatic rings. The van der Waals surface area contributed by atoms with E-state index in [2.05, 4.69) is 14.8 Å². The van der Waals surface area contributed by atoms with Crippen molar-refractivity contribution in [3.05, 3.63) is 28.7 Å². The molecule has 154 valence electrons. The Hall–Kier alpha value is -2.50. The van der Waals surface area contributed by atoms with Crippen LogP contribution in [-0.2, 0) is 42.1 Å². The number of amides is 2. The number of anilines is 1. The Morgan fingerprint density at radius 1 is 1.24 bits per heavy atom. The number of hydrogen-bond donors (Lipinski definition) is 3. The quantitative estimate of drug-likeness (QED) is 0.661. The van der Waals surface area contributed by atoms with Crippen molar-refractivity contribution in [1.29, 1.82) is 0 Å². The van der Waals surface area contributed by atoms with Gasteiger partial charge in [0.15, 0.2) is 9.92 Å². The smallest absolute Gasteiger partial charge is 0.354 e. The average Bonchev–Trinajstić information content (AvgIpc) is 3.39. The van der Waals surface area contributed by atoms with Gasteiger partial charge in [0.1, 0.15) is 11.5 Å². The monoisotopic (exact) mass is 417 g/mol. The van der Waals surface area contributed by atoms with Crippen molar-refractivity contribution in [2.45, 2.75) is 56.0 Å². The summed E-state index contributed by atoms with van der Waals surface area (Å²) in [4.78, 5) is 17.6. The number of aromatic nitrogens is 3. The topological polar surface area (TPSA) is 151 Å². The number of nitrogens with one attached hydrogen (secondary N) is 1. The fourth-order valence-corrected chi connectivity index (χ4v) is 5.34. The van der Waals surface area contributed by atoms with Gasteiger partial charge in [0.05, 0.1) is 24.5 Å². The predicted molar refractivity (Wildman–Crippen MR) is 106 cm³/mol. The second kappa shape index (κ2) is 6.78. The minimum atomic E-state index is -3.53. The Kier molecular flexibility index (Phi) is 4.33. The van der Waals surface area contributed by atoms with E-state index in [-0.39, 0.29) is 23.4 Å². The molecule has 2 unspecified atom stereocenters. The first-order valence-corrected chi connectivity index (χ1v) is 11.3. The average molecular weight is 417 g/mol. The molecule has 2 aliphatic carbocycles. The van der Waals surface area contributed by atoms with Gasteiger partial charge in [0, 0.05) is 11.4 Å². The number of pyridine rings is 1. The normalized spacial score (nSPS) is 21.5. The number of nitrogens with two attached hydrogens (primary N) is 2. The molecule has 0 aromatic carbocycles. The van der Waals surface area contributed by atoms with Crippen molar-refractivity contribution in [2.75, 3.05) is 11.9 Å². The summed E-state index contributed by atoms with van der Waals surface area (Å²) in [6.07, 6.45) is 6.93. The number of ether oxygens (including phenoxy) is 1. The molecule has 0 bridgehead atoms. The standard InChI is InChI=1S/C18H23N7O3S/c19-10-8-25-17(28-9-10)15(7-21-25)29(20,27)24-18(26)23-16-11-3-1-5-13(11)22-14-6-2-4-12(14)16/h7,10H,1-6,8-9,19H2,(H3,20,22,23,24,26,27). The molecule has 29 heavy (non-hydrogen) atoms. The fraction of sp³-hybridized carbons (Fsp3) is 0.500. The molecular weight excluding hydrogens is 394 g/mol. The number of rotatable bonds is 2. The van der Waals surface area contributed by atoms with Crippen molar-refractivity contribution in [2.24, 2.45) is 15.2 Å².